The van der Waals surface area contributed by atoms with Gasteiger partial charge < -0.3 is 9.47 Å². The summed E-state index contributed by atoms with van der Waals surface area (Å²) in [6.07, 6.45) is -3.29. The molecule has 1 heterocycles. The van der Waals surface area contributed by atoms with E-state index in [-0.39, 0.29) is 24.1 Å². The van der Waals surface area contributed by atoms with E-state index in [9.17, 15) is 18.0 Å². The summed E-state index contributed by atoms with van der Waals surface area (Å²) in [6.45, 7) is 1.91. The SMILES string of the molecule is CC1CCC(C(=O)Cc2ccc(OC(F)(F)F)cc2)O1. The van der Waals surface area contributed by atoms with Crippen LogP contribution in [0.15, 0.2) is 24.3 Å². The Morgan fingerprint density at radius 1 is 1.30 bits per heavy atom. The van der Waals surface area contributed by atoms with Crippen LogP contribution in [-0.4, -0.2) is 24.4 Å². The first-order valence-corrected chi connectivity index (χ1v) is 6.36. The molecule has 0 bridgehead atoms. The number of hydrogen-bond donors (Lipinski definition) is 0. The smallest absolute Gasteiger partial charge is 0.406 e. The summed E-state index contributed by atoms with van der Waals surface area (Å²) in [7, 11) is 0. The van der Waals surface area contributed by atoms with Crippen LogP contribution in [0.2, 0.25) is 0 Å². The Kier molecular flexibility index (Phi) is 4.32. The molecular weight excluding hydrogens is 273 g/mol. The minimum absolute atomic E-state index is 0.0427. The summed E-state index contributed by atoms with van der Waals surface area (Å²) >= 11 is 0. The van der Waals surface area contributed by atoms with E-state index in [0.29, 0.717) is 12.0 Å². The van der Waals surface area contributed by atoms with Crippen LogP contribution in [0.3, 0.4) is 0 Å². The number of alkyl halides is 3. The van der Waals surface area contributed by atoms with Gasteiger partial charge in [-0.15, -0.1) is 13.2 Å². The third-order valence-corrected chi connectivity index (χ3v) is 3.13. The average Bonchev–Trinajstić information content (AvgIpc) is 2.77. The predicted octanol–water partition coefficient (Wildman–Crippen LogP) is 3.26. The first kappa shape index (κ1) is 14.8. The van der Waals surface area contributed by atoms with Gasteiger partial charge in [-0.2, -0.15) is 0 Å². The minimum atomic E-state index is -4.70. The first-order chi connectivity index (χ1) is 9.33. The van der Waals surface area contributed by atoms with Gasteiger partial charge in [-0.3, -0.25) is 4.79 Å². The Labute approximate surface area is 114 Å². The summed E-state index contributed by atoms with van der Waals surface area (Å²) in [5.74, 6) is -0.335. The van der Waals surface area contributed by atoms with E-state index in [1.165, 1.54) is 24.3 Å². The van der Waals surface area contributed by atoms with Gasteiger partial charge in [0.15, 0.2) is 5.78 Å². The molecule has 0 saturated carbocycles. The van der Waals surface area contributed by atoms with E-state index in [1.54, 1.807) is 0 Å². The van der Waals surface area contributed by atoms with E-state index < -0.39 is 12.5 Å². The number of benzene rings is 1. The fourth-order valence-electron chi connectivity index (χ4n) is 2.16. The molecule has 1 saturated heterocycles. The number of halogens is 3. The van der Waals surface area contributed by atoms with Crippen LogP contribution < -0.4 is 4.74 Å². The van der Waals surface area contributed by atoms with Crippen molar-refractivity contribution in [3.05, 3.63) is 29.8 Å². The average molecular weight is 288 g/mol. The molecule has 0 aromatic heterocycles. The normalized spacial score (nSPS) is 22.8. The van der Waals surface area contributed by atoms with Crippen LogP contribution >= 0.6 is 0 Å². The van der Waals surface area contributed by atoms with Crippen molar-refractivity contribution in [2.75, 3.05) is 0 Å². The summed E-state index contributed by atoms with van der Waals surface area (Å²) < 4.78 is 45.2. The van der Waals surface area contributed by atoms with Gasteiger partial charge in [-0.25, -0.2) is 0 Å². The number of rotatable bonds is 4. The van der Waals surface area contributed by atoms with Crippen LogP contribution in [0.1, 0.15) is 25.3 Å². The molecule has 1 aliphatic heterocycles. The standard InChI is InChI=1S/C14H15F3O3/c1-9-2-7-13(19-9)12(18)8-10-3-5-11(6-4-10)20-14(15,16)17/h3-6,9,13H,2,7-8H2,1H3. The van der Waals surface area contributed by atoms with E-state index in [1.807, 2.05) is 6.92 Å². The lowest BCUT2D eigenvalue weighted by atomic mass is 10.0. The van der Waals surface area contributed by atoms with Gasteiger partial charge >= 0.3 is 6.36 Å². The van der Waals surface area contributed by atoms with Gasteiger partial charge in [-0.05, 0) is 37.5 Å². The van der Waals surface area contributed by atoms with Crippen LogP contribution in [0.4, 0.5) is 13.2 Å². The molecule has 2 rings (SSSR count). The molecule has 20 heavy (non-hydrogen) atoms. The summed E-state index contributed by atoms with van der Waals surface area (Å²) in [5.41, 5.74) is 0.646. The molecule has 0 spiro atoms. The molecule has 3 nitrogen and oxygen atoms in total. The number of Topliss-reactive ketones (excluding diaryl/α,β-unsaturated/α-hetero) is 1. The molecule has 1 aliphatic rings. The second-order valence-corrected chi connectivity index (χ2v) is 4.85. The Hall–Kier alpha value is -1.56. The summed E-state index contributed by atoms with van der Waals surface area (Å²) in [4.78, 5) is 11.9. The van der Waals surface area contributed by atoms with E-state index in [2.05, 4.69) is 4.74 Å². The molecule has 0 amide bonds. The molecule has 1 aromatic rings. The van der Waals surface area contributed by atoms with Crippen molar-refractivity contribution in [2.45, 2.75) is 44.8 Å². The highest BCUT2D eigenvalue weighted by Gasteiger charge is 2.31. The maximum absolute atomic E-state index is 12.0. The van der Waals surface area contributed by atoms with Gasteiger partial charge in [-0.1, -0.05) is 12.1 Å². The van der Waals surface area contributed by atoms with Crippen molar-refractivity contribution >= 4 is 5.78 Å². The maximum atomic E-state index is 12.0. The Balaban J connectivity index is 1.92. The van der Waals surface area contributed by atoms with Gasteiger partial charge in [0, 0.05) is 6.42 Å². The fourth-order valence-corrected chi connectivity index (χ4v) is 2.16. The van der Waals surface area contributed by atoms with Gasteiger partial charge in [0.2, 0.25) is 0 Å². The largest absolute Gasteiger partial charge is 0.573 e. The molecule has 1 aromatic carbocycles. The third kappa shape index (κ3) is 4.23. The van der Waals surface area contributed by atoms with Gasteiger partial charge in [0.25, 0.3) is 0 Å². The van der Waals surface area contributed by atoms with Crippen LogP contribution in [0, 0.1) is 0 Å². The zero-order valence-electron chi connectivity index (χ0n) is 10.9. The van der Waals surface area contributed by atoms with Crippen LogP contribution in [0.25, 0.3) is 0 Å². The van der Waals surface area contributed by atoms with Crippen molar-refractivity contribution in [1.82, 2.24) is 0 Å². The zero-order chi connectivity index (χ0) is 14.8. The lowest BCUT2D eigenvalue weighted by Gasteiger charge is -2.11. The molecular formula is C14H15F3O3. The Bertz CT molecular complexity index is 468. The van der Waals surface area contributed by atoms with Crippen molar-refractivity contribution in [3.8, 4) is 5.75 Å². The van der Waals surface area contributed by atoms with E-state index in [4.69, 9.17) is 4.74 Å². The second kappa shape index (κ2) is 5.83. The number of ether oxygens (including phenoxy) is 2. The second-order valence-electron chi connectivity index (χ2n) is 4.85. The summed E-state index contributed by atoms with van der Waals surface area (Å²) in [6, 6.07) is 5.32. The number of ketones is 1. The van der Waals surface area contributed by atoms with Crippen LogP contribution in [0.5, 0.6) is 5.75 Å². The lowest BCUT2D eigenvalue weighted by Crippen LogP contribution is -2.22. The van der Waals surface area contributed by atoms with Crippen molar-refractivity contribution < 1.29 is 27.4 Å². The van der Waals surface area contributed by atoms with E-state index in [0.717, 1.165) is 6.42 Å². The molecule has 0 radical (unpaired) electrons. The maximum Gasteiger partial charge on any atom is 0.573 e. The number of carbonyl (C=O) groups excluding carboxylic acids is 1. The lowest BCUT2D eigenvalue weighted by molar-refractivity contribution is -0.274. The molecule has 2 atom stereocenters. The number of carbonyl (C=O) groups is 1. The van der Waals surface area contributed by atoms with Crippen LogP contribution in [-0.2, 0) is 16.0 Å². The van der Waals surface area contributed by atoms with Gasteiger partial charge in [0.1, 0.15) is 11.9 Å². The number of hydrogen-bond acceptors (Lipinski definition) is 3. The molecule has 6 heteroatoms. The topological polar surface area (TPSA) is 35.5 Å². The summed E-state index contributed by atoms with van der Waals surface area (Å²) in [5, 5.41) is 0. The highest BCUT2D eigenvalue weighted by atomic mass is 19.4. The predicted molar refractivity (Wildman–Crippen MR) is 65.4 cm³/mol. The third-order valence-electron chi connectivity index (χ3n) is 3.13. The quantitative estimate of drug-likeness (QED) is 0.853. The van der Waals surface area contributed by atoms with E-state index >= 15 is 0 Å². The molecule has 0 N–H and O–H groups in total. The monoisotopic (exact) mass is 288 g/mol. The molecule has 0 aliphatic carbocycles. The Morgan fingerprint density at radius 3 is 2.45 bits per heavy atom. The first-order valence-electron chi connectivity index (χ1n) is 6.36. The molecule has 110 valence electrons. The zero-order valence-corrected chi connectivity index (χ0v) is 10.9. The fraction of sp³-hybridized carbons (Fsp3) is 0.500. The van der Waals surface area contributed by atoms with Crippen molar-refractivity contribution in [1.29, 1.82) is 0 Å². The minimum Gasteiger partial charge on any atom is -0.406 e. The van der Waals surface area contributed by atoms with Crippen molar-refractivity contribution in [3.63, 3.8) is 0 Å². The highest BCUT2D eigenvalue weighted by Crippen LogP contribution is 2.24. The molecule has 1 fully saturated rings. The Morgan fingerprint density at radius 2 is 1.95 bits per heavy atom. The van der Waals surface area contributed by atoms with Crippen molar-refractivity contribution in [2.24, 2.45) is 0 Å². The molecule has 2 unspecified atom stereocenters. The highest BCUT2D eigenvalue weighted by molar-refractivity contribution is 5.85. The van der Waals surface area contributed by atoms with Gasteiger partial charge in [0.05, 0.1) is 6.10 Å².